The molecule has 0 aliphatic heterocycles. The Bertz CT molecular complexity index is 592. The lowest BCUT2D eigenvalue weighted by molar-refractivity contribution is -0.141. The van der Waals surface area contributed by atoms with Crippen LogP contribution in [0, 0.1) is 6.92 Å². The van der Waals surface area contributed by atoms with Crippen molar-refractivity contribution < 1.29 is 18.3 Å². The number of aromatic nitrogens is 3. The van der Waals surface area contributed by atoms with Crippen LogP contribution in [-0.4, -0.2) is 19.6 Å². The number of imidazole rings is 1. The molecule has 0 aliphatic carbocycles. The molecule has 0 aliphatic rings. The van der Waals surface area contributed by atoms with Crippen LogP contribution in [0.4, 0.5) is 13.2 Å². The van der Waals surface area contributed by atoms with Crippen LogP contribution in [0.2, 0.25) is 0 Å². The summed E-state index contributed by atoms with van der Waals surface area (Å²) in [5.74, 6) is 0.666. The lowest BCUT2D eigenvalue weighted by Crippen LogP contribution is -2.11. The van der Waals surface area contributed by atoms with E-state index in [1.165, 1.54) is 12.3 Å². The zero-order chi connectivity index (χ0) is 14.2. The van der Waals surface area contributed by atoms with Gasteiger partial charge in [0, 0.05) is 13.2 Å². The van der Waals surface area contributed by atoms with E-state index in [-0.39, 0.29) is 5.56 Å². The van der Waals surface area contributed by atoms with Crippen molar-refractivity contribution in [2.45, 2.75) is 19.2 Å². The maximum Gasteiger partial charge on any atom is 0.433 e. The first-order chi connectivity index (χ1) is 8.80. The molecule has 0 amide bonds. The van der Waals surface area contributed by atoms with Crippen LogP contribution >= 0.6 is 0 Å². The largest absolute Gasteiger partial charge is 0.433 e. The van der Waals surface area contributed by atoms with E-state index < -0.39 is 18.0 Å². The monoisotopic (exact) mass is 271 g/mol. The van der Waals surface area contributed by atoms with Crippen LogP contribution in [0.15, 0.2) is 24.5 Å². The van der Waals surface area contributed by atoms with E-state index in [2.05, 4.69) is 9.97 Å². The third kappa shape index (κ3) is 2.60. The molecule has 0 radical (unpaired) electrons. The molecule has 2 rings (SSSR count). The molecular weight excluding hydrogens is 259 g/mol. The highest BCUT2D eigenvalue weighted by Crippen LogP contribution is 2.30. The fourth-order valence-corrected chi connectivity index (χ4v) is 1.72. The minimum absolute atomic E-state index is 0.130. The summed E-state index contributed by atoms with van der Waals surface area (Å²) in [5.41, 5.74) is -0.468. The first-order valence-electron chi connectivity index (χ1n) is 5.50. The van der Waals surface area contributed by atoms with E-state index in [4.69, 9.17) is 0 Å². The third-order valence-electron chi connectivity index (χ3n) is 2.93. The second-order valence-corrected chi connectivity index (χ2v) is 4.16. The van der Waals surface area contributed by atoms with Gasteiger partial charge in [-0.3, -0.25) is 4.98 Å². The number of nitrogens with zero attached hydrogens (tertiary/aromatic N) is 3. The molecule has 0 fully saturated rings. The molecule has 1 N–H and O–H groups in total. The zero-order valence-corrected chi connectivity index (χ0v) is 10.3. The van der Waals surface area contributed by atoms with E-state index in [1.54, 1.807) is 18.5 Å². The highest BCUT2D eigenvalue weighted by atomic mass is 19.4. The van der Waals surface area contributed by atoms with Gasteiger partial charge < -0.3 is 9.67 Å². The molecule has 0 aromatic carbocycles. The Kier molecular flexibility index (Phi) is 3.32. The molecule has 1 atom stereocenters. The number of alkyl halides is 3. The number of aliphatic hydroxyl groups is 1. The van der Waals surface area contributed by atoms with Gasteiger partial charge in [-0.1, -0.05) is 0 Å². The second kappa shape index (κ2) is 4.65. The van der Waals surface area contributed by atoms with E-state index >= 15 is 0 Å². The number of hydrogen-bond donors (Lipinski definition) is 1. The second-order valence-electron chi connectivity index (χ2n) is 4.16. The Morgan fingerprint density at radius 2 is 2.00 bits per heavy atom. The fraction of sp³-hybridized carbons (Fsp3) is 0.333. The number of pyridine rings is 1. The first kappa shape index (κ1) is 13.5. The van der Waals surface area contributed by atoms with Crippen molar-refractivity contribution in [1.29, 1.82) is 0 Å². The fourth-order valence-electron chi connectivity index (χ4n) is 1.72. The van der Waals surface area contributed by atoms with E-state index in [9.17, 15) is 18.3 Å². The summed E-state index contributed by atoms with van der Waals surface area (Å²) in [5, 5.41) is 10.1. The number of aliphatic hydroxyl groups excluding tert-OH is 1. The van der Waals surface area contributed by atoms with Gasteiger partial charge in [0.25, 0.3) is 0 Å². The molecule has 2 aromatic heterocycles. The normalized spacial score (nSPS) is 13.6. The summed E-state index contributed by atoms with van der Waals surface area (Å²) < 4.78 is 39.3. The van der Waals surface area contributed by atoms with Gasteiger partial charge in [-0.05, 0) is 24.6 Å². The van der Waals surface area contributed by atoms with Crippen LogP contribution < -0.4 is 0 Å². The van der Waals surface area contributed by atoms with Crippen LogP contribution in [0.25, 0.3) is 0 Å². The van der Waals surface area contributed by atoms with Gasteiger partial charge in [-0.2, -0.15) is 13.2 Å². The zero-order valence-electron chi connectivity index (χ0n) is 10.3. The van der Waals surface area contributed by atoms with E-state index in [1.807, 2.05) is 0 Å². The van der Waals surface area contributed by atoms with Crippen LogP contribution in [-0.2, 0) is 13.2 Å². The molecular formula is C12H12F3N3O. The number of halogens is 3. The third-order valence-corrected chi connectivity index (χ3v) is 2.93. The average molecular weight is 271 g/mol. The highest BCUT2D eigenvalue weighted by molar-refractivity contribution is 5.27. The van der Waals surface area contributed by atoms with Crippen molar-refractivity contribution in [2.75, 3.05) is 0 Å². The molecule has 7 heteroatoms. The molecule has 2 heterocycles. The topological polar surface area (TPSA) is 50.9 Å². The predicted octanol–water partition coefficient (Wildman–Crippen LogP) is 2.22. The van der Waals surface area contributed by atoms with E-state index in [0.29, 0.717) is 11.5 Å². The molecule has 102 valence electrons. The summed E-state index contributed by atoms with van der Waals surface area (Å²) in [7, 11) is 1.69. The van der Waals surface area contributed by atoms with Crippen molar-refractivity contribution in [2.24, 2.45) is 7.05 Å². The smallest absolute Gasteiger partial charge is 0.382 e. The molecule has 19 heavy (non-hydrogen) atoms. The molecule has 2 aromatic rings. The van der Waals surface area contributed by atoms with Gasteiger partial charge in [-0.25, -0.2) is 4.98 Å². The van der Waals surface area contributed by atoms with Crippen molar-refractivity contribution in [3.63, 3.8) is 0 Å². The SMILES string of the molecule is Cc1ncc(C(O)c2ccnc(C(F)(F)F)c2)n1C. The molecule has 0 bridgehead atoms. The number of rotatable bonds is 2. The number of aryl methyl sites for hydroxylation is 1. The first-order valence-corrected chi connectivity index (χ1v) is 5.50. The van der Waals surface area contributed by atoms with Gasteiger partial charge in [-0.15, -0.1) is 0 Å². The van der Waals surface area contributed by atoms with Crippen LogP contribution in [0.1, 0.15) is 28.9 Å². The minimum atomic E-state index is -4.53. The van der Waals surface area contributed by atoms with Crippen LogP contribution in [0.3, 0.4) is 0 Å². The van der Waals surface area contributed by atoms with Crippen LogP contribution in [0.5, 0.6) is 0 Å². The molecule has 0 saturated heterocycles. The maximum atomic E-state index is 12.6. The Hall–Kier alpha value is -1.89. The summed E-state index contributed by atoms with van der Waals surface area (Å²) >= 11 is 0. The lowest BCUT2D eigenvalue weighted by atomic mass is 10.1. The summed E-state index contributed by atoms with van der Waals surface area (Å²) in [4.78, 5) is 7.25. The summed E-state index contributed by atoms with van der Waals surface area (Å²) in [6.45, 7) is 1.74. The van der Waals surface area contributed by atoms with Crippen molar-refractivity contribution >= 4 is 0 Å². The highest BCUT2D eigenvalue weighted by Gasteiger charge is 2.33. The maximum absolute atomic E-state index is 12.6. The Balaban J connectivity index is 2.40. The minimum Gasteiger partial charge on any atom is -0.382 e. The average Bonchev–Trinajstić information content (AvgIpc) is 2.68. The Morgan fingerprint density at radius 1 is 1.32 bits per heavy atom. The molecule has 1 unspecified atom stereocenters. The van der Waals surface area contributed by atoms with Crippen molar-refractivity contribution in [1.82, 2.24) is 14.5 Å². The molecule has 4 nitrogen and oxygen atoms in total. The van der Waals surface area contributed by atoms with Crippen molar-refractivity contribution in [3.8, 4) is 0 Å². The predicted molar refractivity (Wildman–Crippen MR) is 61.2 cm³/mol. The summed E-state index contributed by atoms with van der Waals surface area (Å²) in [6.07, 6.45) is -3.23. The molecule has 0 saturated carbocycles. The van der Waals surface area contributed by atoms with Gasteiger partial charge in [0.1, 0.15) is 17.6 Å². The van der Waals surface area contributed by atoms with Gasteiger partial charge in [0.05, 0.1) is 11.9 Å². The Morgan fingerprint density at radius 3 is 2.53 bits per heavy atom. The van der Waals surface area contributed by atoms with Crippen molar-refractivity contribution in [3.05, 3.63) is 47.3 Å². The quantitative estimate of drug-likeness (QED) is 0.911. The lowest BCUT2D eigenvalue weighted by Gasteiger charge is -2.14. The Labute approximate surface area is 107 Å². The van der Waals surface area contributed by atoms with E-state index in [0.717, 1.165) is 12.3 Å². The summed E-state index contributed by atoms with van der Waals surface area (Å²) in [6, 6.07) is 2.19. The van der Waals surface area contributed by atoms with Gasteiger partial charge in [0.2, 0.25) is 0 Å². The standard InChI is InChI=1S/C12H12F3N3O/c1-7-17-6-9(18(7)2)11(19)8-3-4-16-10(5-8)12(13,14)15/h3-6,11,19H,1-2H3. The van der Waals surface area contributed by atoms with Gasteiger partial charge in [0.15, 0.2) is 0 Å². The number of hydrogen-bond acceptors (Lipinski definition) is 3. The van der Waals surface area contributed by atoms with Gasteiger partial charge >= 0.3 is 6.18 Å². The molecule has 0 spiro atoms.